The van der Waals surface area contributed by atoms with Gasteiger partial charge in [0.2, 0.25) is 0 Å². The molecule has 1 atom stereocenters. The van der Waals surface area contributed by atoms with Crippen LogP contribution in [0.25, 0.3) is 0 Å². The molecule has 1 fully saturated rings. The van der Waals surface area contributed by atoms with E-state index in [2.05, 4.69) is 18.7 Å². The van der Waals surface area contributed by atoms with Crippen molar-refractivity contribution < 1.29 is 4.39 Å². The Morgan fingerprint density at radius 2 is 1.89 bits per heavy atom. The summed E-state index contributed by atoms with van der Waals surface area (Å²) in [6.07, 6.45) is 2.71. The molecule has 1 aromatic rings. The van der Waals surface area contributed by atoms with E-state index in [0.717, 1.165) is 24.6 Å². The molecule has 2 nitrogen and oxygen atoms in total. The maximum absolute atomic E-state index is 12.9. The van der Waals surface area contributed by atoms with Gasteiger partial charge < -0.3 is 5.73 Å². The van der Waals surface area contributed by atoms with Crippen molar-refractivity contribution in [3.63, 3.8) is 0 Å². The molecule has 1 aliphatic carbocycles. The first-order chi connectivity index (χ1) is 8.56. The summed E-state index contributed by atoms with van der Waals surface area (Å²) in [6.45, 7) is 6.41. The fourth-order valence-corrected chi connectivity index (χ4v) is 2.20. The topological polar surface area (TPSA) is 29.3 Å². The number of nitrogens with two attached hydrogens (primary N) is 1. The molecule has 1 saturated carbocycles. The van der Waals surface area contributed by atoms with Crippen LogP contribution < -0.4 is 5.73 Å². The highest BCUT2D eigenvalue weighted by atomic mass is 19.1. The summed E-state index contributed by atoms with van der Waals surface area (Å²) in [5.74, 6) is 0.664. The quantitative estimate of drug-likeness (QED) is 0.841. The maximum atomic E-state index is 12.9. The summed E-state index contributed by atoms with van der Waals surface area (Å²) in [7, 11) is 0. The predicted molar refractivity (Wildman–Crippen MR) is 72.8 cm³/mol. The second-order valence-corrected chi connectivity index (χ2v) is 5.65. The second-order valence-electron chi connectivity index (χ2n) is 5.65. The third kappa shape index (κ3) is 3.79. The first-order valence-electron chi connectivity index (χ1n) is 6.81. The van der Waals surface area contributed by atoms with Gasteiger partial charge in [-0.05, 0) is 50.3 Å². The summed E-state index contributed by atoms with van der Waals surface area (Å²) in [5, 5.41) is 0. The van der Waals surface area contributed by atoms with Crippen LogP contribution in [-0.2, 0) is 0 Å². The third-order valence-electron chi connectivity index (χ3n) is 3.65. The van der Waals surface area contributed by atoms with Gasteiger partial charge in [0.1, 0.15) is 5.82 Å². The lowest BCUT2D eigenvalue weighted by Gasteiger charge is -2.29. The molecule has 3 heteroatoms. The highest BCUT2D eigenvalue weighted by molar-refractivity contribution is 5.19. The SMILES string of the molecule is CC(C)N(CC1CC1)CC(N)c1ccc(F)cc1. The van der Waals surface area contributed by atoms with Crippen LogP contribution in [0, 0.1) is 11.7 Å². The van der Waals surface area contributed by atoms with Crippen molar-refractivity contribution in [2.75, 3.05) is 13.1 Å². The molecule has 2 N–H and O–H groups in total. The van der Waals surface area contributed by atoms with Crippen molar-refractivity contribution in [2.45, 2.75) is 38.8 Å². The Morgan fingerprint density at radius 3 is 2.39 bits per heavy atom. The van der Waals surface area contributed by atoms with Crippen molar-refractivity contribution in [2.24, 2.45) is 11.7 Å². The smallest absolute Gasteiger partial charge is 0.123 e. The van der Waals surface area contributed by atoms with Gasteiger partial charge in [-0.3, -0.25) is 4.90 Å². The zero-order valence-corrected chi connectivity index (χ0v) is 11.3. The van der Waals surface area contributed by atoms with Crippen molar-refractivity contribution in [3.05, 3.63) is 35.6 Å². The summed E-state index contributed by atoms with van der Waals surface area (Å²) in [4.78, 5) is 2.44. The van der Waals surface area contributed by atoms with Crippen LogP contribution in [0.2, 0.25) is 0 Å². The highest BCUT2D eigenvalue weighted by Gasteiger charge is 2.26. The monoisotopic (exact) mass is 250 g/mol. The van der Waals surface area contributed by atoms with Crippen molar-refractivity contribution in [1.29, 1.82) is 0 Å². The first kappa shape index (κ1) is 13.5. The molecule has 100 valence electrons. The van der Waals surface area contributed by atoms with Crippen molar-refractivity contribution in [1.82, 2.24) is 4.90 Å². The largest absolute Gasteiger partial charge is 0.323 e. The van der Waals surface area contributed by atoms with E-state index < -0.39 is 0 Å². The number of halogens is 1. The number of hydrogen-bond acceptors (Lipinski definition) is 2. The van der Waals surface area contributed by atoms with E-state index in [1.807, 2.05) is 0 Å². The Balaban J connectivity index is 1.94. The zero-order valence-electron chi connectivity index (χ0n) is 11.3. The van der Waals surface area contributed by atoms with Gasteiger partial charge in [-0.2, -0.15) is 0 Å². The van der Waals surface area contributed by atoms with Crippen molar-refractivity contribution >= 4 is 0 Å². The molecular weight excluding hydrogens is 227 g/mol. The predicted octanol–water partition coefficient (Wildman–Crippen LogP) is 2.95. The van der Waals surface area contributed by atoms with Gasteiger partial charge in [0.05, 0.1) is 0 Å². The van der Waals surface area contributed by atoms with E-state index in [0.29, 0.717) is 6.04 Å². The fourth-order valence-electron chi connectivity index (χ4n) is 2.20. The molecule has 0 spiro atoms. The maximum Gasteiger partial charge on any atom is 0.123 e. The van der Waals surface area contributed by atoms with E-state index in [1.165, 1.54) is 25.0 Å². The lowest BCUT2D eigenvalue weighted by molar-refractivity contribution is 0.200. The summed E-state index contributed by atoms with van der Waals surface area (Å²) in [5.41, 5.74) is 7.23. The van der Waals surface area contributed by atoms with Gasteiger partial charge in [0.25, 0.3) is 0 Å². The van der Waals surface area contributed by atoms with E-state index in [9.17, 15) is 4.39 Å². The average Bonchev–Trinajstić information content (AvgIpc) is 3.12. The van der Waals surface area contributed by atoms with Crippen LogP contribution in [0.1, 0.15) is 38.3 Å². The minimum Gasteiger partial charge on any atom is -0.323 e. The lowest BCUT2D eigenvalue weighted by Crippen LogP contribution is -2.38. The Labute approximate surface area is 109 Å². The molecule has 0 radical (unpaired) electrons. The van der Waals surface area contributed by atoms with Gasteiger partial charge in [-0.15, -0.1) is 0 Å². The summed E-state index contributed by atoms with van der Waals surface area (Å²) >= 11 is 0. The van der Waals surface area contributed by atoms with Crippen LogP contribution in [0.3, 0.4) is 0 Å². The second kappa shape index (κ2) is 5.81. The fraction of sp³-hybridized carbons (Fsp3) is 0.600. The molecule has 0 bridgehead atoms. The molecule has 1 aliphatic rings. The summed E-state index contributed by atoms with van der Waals surface area (Å²) < 4.78 is 12.9. The number of rotatable bonds is 6. The van der Waals surface area contributed by atoms with E-state index in [1.54, 1.807) is 12.1 Å². The highest BCUT2D eigenvalue weighted by Crippen LogP contribution is 2.30. The number of benzene rings is 1. The molecule has 0 saturated heterocycles. The van der Waals surface area contributed by atoms with E-state index in [4.69, 9.17) is 5.73 Å². The molecule has 2 rings (SSSR count). The van der Waals surface area contributed by atoms with Crippen molar-refractivity contribution in [3.8, 4) is 0 Å². The van der Waals surface area contributed by atoms with Gasteiger partial charge in [0.15, 0.2) is 0 Å². The molecule has 0 heterocycles. The first-order valence-corrected chi connectivity index (χ1v) is 6.81. The van der Waals surface area contributed by atoms with Crippen LogP contribution in [-0.4, -0.2) is 24.0 Å². The molecule has 0 amide bonds. The third-order valence-corrected chi connectivity index (χ3v) is 3.65. The Morgan fingerprint density at radius 1 is 1.28 bits per heavy atom. The molecule has 1 unspecified atom stereocenters. The molecular formula is C15H23FN2. The Hall–Kier alpha value is -0.930. The molecule has 18 heavy (non-hydrogen) atoms. The number of nitrogens with zero attached hydrogens (tertiary/aromatic N) is 1. The molecule has 0 aliphatic heterocycles. The molecule has 1 aromatic carbocycles. The van der Waals surface area contributed by atoms with Crippen LogP contribution in [0.15, 0.2) is 24.3 Å². The standard InChI is InChI=1S/C15H23FN2/c1-11(2)18(9-12-3-4-12)10-15(17)13-5-7-14(16)8-6-13/h5-8,11-12,15H,3-4,9-10,17H2,1-2H3. The van der Waals surface area contributed by atoms with Gasteiger partial charge in [-0.25, -0.2) is 4.39 Å². The lowest BCUT2D eigenvalue weighted by atomic mass is 10.1. The minimum atomic E-state index is -0.204. The zero-order chi connectivity index (χ0) is 13.1. The van der Waals surface area contributed by atoms with Crippen LogP contribution in [0.4, 0.5) is 4.39 Å². The van der Waals surface area contributed by atoms with Crippen LogP contribution in [0.5, 0.6) is 0 Å². The average molecular weight is 250 g/mol. The summed E-state index contributed by atoms with van der Waals surface area (Å²) in [6, 6.07) is 7.01. The van der Waals surface area contributed by atoms with Gasteiger partial charge >= 0.3 is 0 Å². The minimum absolute atomic E-state index is 0.0354. The van der Waals surface area contributed by atoms with Crippen LogP contribution >= 0.6 is 0 Å². The van der Waals surface area contributed by atoms with E-state index in [-0.39, 0.29) is 11.9 Å². The normalized spacial score (nSPS) is 17.4. The van der Waals surface area contributed by atoms with Gasteiger partial charge in [-0.1, -0.05) is 12.1 Å². The van der Waals surface area contributed by atoms with E-state index >= 15 is 0 Å². The molecule has 0 aromatic heterocycles. The number of hydrogen-bond donors (Lipinski definition) is 1. The van der Waals surface area contributed by atoms with Gasteiger partial charge in [0, 0.05) is 25.2 Å². The Kier molecular flexibility index (Phi) is 4.36. The Bertz CT molecular complexity index is 371.